The number of thioether (sulfide) groups is 1. The van der Waals surface area contributed by atoms with Crippen molar-refractivity contribution in [2.45, 2.75) is 25.9 Å². The molecule has 1 N–H and O–H groups in total. The maximum Gasteiger partial charge on any atom is 0.269 e. The maximum absolute atomic E-state index is 10.7. The van der Waals surface area contributed by atoms with Crippen molar-refractivity contribution in [1.82, 2.24) is 5.32 Å². The highest BCUT2D eigenvalue weighted by atomic mass is 32.2. The van der Waals surface area contributed by atoms with Gasteiger partial charge in [-0.1, -0.05) is 12.1 Å². The lowest BCUT2D eigenvalue weighted by molar-refractivity contribution is -0.384. The standard InChI is InChI=1S/C12H18N2O2S/c1-9(8-17-3)13-10(2)11-5-4-6-12(7-11)14(15)16/h4-7,9-10,13H,8H2,1-3H3. The first-order chi connectivity index (χ1) is 8.04. The van der Waals surface area contributed by atoms with Gasteiger partial charge in [-0.05, 0) is 25.7 Å². The second-order valence-electron chi connectivity index (χ2n) is 4.10. The number of nitrogens with one attached hydrogen (secondary N) is 1. The molecule has 2 atom stereocenters. The summed E-state index contributed by atoms with van der Waals surface area (Å²) in [5.74, 6) is 1.03. The topological polar surface area (TPSA) is 55.2 Å². The Morgan fingerprint density at radius 2 is 2.18 bits per heavy atom. The van der Waals surface area contributed by atoms with Crippen molar-refractivity contribution < 1.29 is 4.92 Å². The average Bonchev–Trinajstić information content (AvgIpc) is 2.29. The summed E-state index contributed by atoms with van der Waals surface area (Å²) in [6.45, 7) is 4.14. The zero-order chi connectivity index (χ0) is 12.8. The van der Waals surface area contributed by atoms with Crippen LogP contribution in [-0.4, -0.2) is 23.0 Å². The molecule has 4 nitrogen and oxygen atoms in total. The Hall–Kier alpha value is -1.07. The molecule has 0 spiro atoms. The van der Waals surface area contributed by atoms with E-state index in [0.717, 1.165) is 11.3 Å². The first-order valence-corrected chi connectivity index (χ1v) is 6.93. The van der Waals surface area contributed by atoms with Gasteiger partial charge in [-0.3, -0.25) is 10.1 Å². The number of nitro benzene ring substituents is 1. The molecule has 0 aliphatic heterocycles. The van der Waals surface area contributed by atoms with Crippen molar-refractivity contribution in [3.05, 3.63) is 39.9 Å². The van der Waals surface area contributed by atoms with Gasteiger partial charge in [-0.25, -0.2) is 0 Å². The Kier molecular flexibility index (Phi) is 5.44. The van der Waals surface area contributed by atoms with E-state index in [9.17, 15) is 10.1 Å². The quantitative estimate of drug-likeness (QED) is 0.626. The molecule has 0 radical (unpaired) electrons. The Balaban J connectivity index is 2.71. The van der Waals surface area contributed by atoms with Gasteiger partial charge in [0.05, 0.1) is 4.92 Å². The van der Waals surface area contributed by atoms with Crippen LogP contribution in [0.3, 0.4) is 0 Å². The van der Waals surface area contributed by atoms with Crippen LogP contribution < -0.4 is 5.32 Å². The lowest BCUT2D eigenvalue weighted by Gasteiger charge is -2.19. The molecule has 0 saturated heterocycles. The normalized spacial score (nSPS) is 14.3. The maximum atomic E-state index is 10.7. The van der Waals surface area contributed by atoms with E-state index in [2.05, 4.69) is 18.5 Å². The third-order valence-corrected chi connectivity index (χ3v) is 3.37. The van der Waals surface area contributed by atoms with Crippen LogP contribution in [-0.2, 0) is 0 Å². The van der Waals surface area contributed by atoms with Crippen LogP contribution in [0.4, 0.5) is 5.69 Å². The van der Waals surface area contributed by atoms with Crippen LogP contribution in [0.15, 0.2) is 24.3 Å². The molecule has 0 bridgehead atoms. The lowest BCUT2D eigenvalue weighted by atomic mass is 10.1. The molecular formula is C12H18N2O2S. The summed E-state index contributed by atoms with van der Waals surface area (Å²) in [6, 6.07) is 7.29. The third-order valence-electron chi connectivity index (χ3n) is 2.53. The highest BCUT2D eigenvalue weighted by Crippen LogP contribution is 2.19. The van der Waals surface area contributed by atoms with Crippen LogP contribution in [0.25, 0.3) is 0 Å². The van der Waals surface area contributed by atoms with Gasteiger partial charge in [-0.15, -0.1) is 0 Å². The first-order valence-electron chi connectivity index (χ1n) is 5.54. The van der Waals surface area contributed by atoms with Gasteiger partial charge in [0.1, 0.15) is 0 Å². The second-order valence-corrected chi connectivity index (χ2v) is 5.01. The Bertz CT molecular complexity index is 385. The summed E-state index contributed by atoms with van der Waals surface area (Å²) in [4.78, 5) is 10.3. The van der Waals surface area contributed by atoms with Crippen LogP contribution in [0.2, 0.25) is 0 Å². The molecule has 0 aliphatic carbocycles. The van der Waals surface area contributed by atoms with Crippen molar-refractivity contribution in [3.8, 4) is 0 Å². The van der Waals surface area contributed by atoms with Gasteiger partial charge in [0, 0.05) is 30.0 Å². The van der Waals surface area contributed by atoms with Crippen molar-refractivity contribution in [2.75, 3.05) is 12.0 Å². The number of nitro groups is 1. The van der Waals surface area contributed by atoms with Crippen molar-refractivity contribution in [3.63, 3.8) is 0 Å². The largest absolute Gasteiger partial charge is 0.307 e. The molecule has 0 aliphatic rings. The minimum atomic E-state index is -0.360. The highest BCUT2D eigenvalue weighted by Gasteiger charge is 2.12. The molecule has 0 fully saturated rings. The number of benzene rings is 1. The summed E-state index contributed by atoms with van der Waals surface area (Å²) in [5.41, 5.74) is 1.10. The summed E-state index contributed by atoms with van der Waals surface area (Å²) >= 11 is 1.78. The molecule has 0 amide bonds. The third kappa shape index (κ3) is 4.36. The number of rotatable bonds is 6. The number of nitrogens with zero attached hydrogens (tertiary/aromatic N) is 1. The fraction of sp³-hybridized carbons (Fsp3) is 0.500. The van der Waals surface area contributed by atoms with E-state index in [1.54, 1.807) is 23.9 Å². The molecule has 0 saturated carbocycles. The van der Waals surface area contributed by atoms with Crippen LogP contribution in [0.1, 0.15) is 25.5 Å². The predicted octanol–water partition coefficient (Wildman–Crippen LogP) is 3.00. The molecule has 5 heteroatoms. The smallest absolute Gasteiger partial charge is 0.269 e. The van der Waals surface area contributed by atoms with E-state index in [1.165, 1.54) is 6.07 Å². The zero-order valence-electron chi connectivity index (χ0n) is 10.3. The Morgan fingerprint density at radius 1 is 1.47 bits per heavy atom. The molecule has 1 aromatic rings. The lowest BCUT2D eigenvalue weighted by Crippen LogP contribution is -2.30. The Labute approximate surface area is 106 Å². The molecule has 1 rings (SSSR count). The Morgan fingerprint density at radius 3 is 2.76 bits per heavy atom. The van der Waals surface area contributed by atoms with E-state index >= 15 is 0 Å². The van der Waals surface area contributed by atoms with Gasteiger partial charge in [0.15, 0.2) is 0 Å². The number of hydrogen-bond acceptors (Lipinski definition) is 4. The first kappa shape index (κ1) is 14.0. The summed E-state index contributed by atoms with van der Waals surface area (Å²) in [6.07, 6.45) is 2.07. The van der Waals surface area contributed by atoms with Crippen LogP contribution >= 0.6 is 11.8 Å². The second kappa shape index (κ2) is 6.61. The molecule has 0 aromatic heterocycles. The SMILES string of the molecule is CSCC(C)NC(C)c1cccc([N+](=O)[O-])c1. The predicted molar refractivity (Wildman–Crippen MR) is 72.5 cm³/mol. The molecule has 1 aromatic carbocycles. The van der Waals surface area contributed by atoms with E-state index in [-0.39, 0.29) is 16.7 Å². The van der Waals surface area contributed by atoms with Gasteiger partial charge in [0.25, 0.3) is 5.69 Å². The van der Waals surface area contributed by atoms with E-state index < -0.39 is 0 Å². The minimum absolute atomic E-state index is 0.122. The molecule has 2 unspecified atom stereocenters. The minimum Gasteiger partial charge on any atom is -0.307 e. The molecule has 94 valence electrons. The van der Waals surface area contributed by atoms with Crippen LogP contribution in [0, 0.1) is 10.1 Å². The molecule has 0 heterocycles. The zero-order valence-corrected chi connectivity index (χ0v) is 11.2. The van der Waals surface area contributed by atoms with Gasteiger partial charge in [-0.2, -0.15) is 11.8 Å². The van der Waals surface area contributed by atoms with Gasteiger partial charge in [0.2, 0.25) is 0 Å². The summed E-state index contributed by atoms with van der Waals surface area (Å²) in [5, 5.41) is 14.1. The monoisotopic (exact) mass is 254 g/mol. The van der Waals surface area contributed by atoms with Crippen LogP contribution in [0.5, 0.6) is 0 Å². The van der Waals surface area contributed by atoms with Crippen molar-refractivity contribution in [2.24, 2.45) is 0 Å². The fourth-order valence-electron chi connectivity index (χ4n) is 1.73. The van der Waals surface area contributed by atoms with Crippen molar-refractivity contribution in [1.29, 1.82) is 0 Å². The highest BCUT2D eigenvalue weighted by molar-refractivity contribution is 7.98. The van der Waals surface area contributed by atoms with E-state index in [0.29, 0.717) is 6.04 Å². The van der Waals surface area contributed by atoms with Gasteiger partial charge < -0.3 is 5.32 Å². The van der Waals surface area contributed by atoms with Crippen molar-refractivity contribution >= 4 is 17.4 Å². The van der Waals surface area contributed by atoms with E-state index in [1.807, 2.05) is 13.0 Å². The number of non-ortho nitro benzene ring substituents is 1. The van der Waals surface area contributed by atoms with E-state index in [4.69, 9.17) is 0 Å². The number of hydrogen-bond donors (Lipinski definition) is 1. The average molecular weight is 254 g/mol. The van der Waals surface area contributed by atoms with Gasteiger partial charge >= 0.3 is 0 Å². The fourth-order valence-corrected chi connectivity index (χ4v) is 2.33. The summed E-state index contributed by atoms with van der Waals surface area (Å²) < 4.78 is 0. The molecular weight excluding hydrogens is 236 g/mol. The summed E-state index contributed by atoms with van der Waals surface area (Å²) in [7, 11) is 0. The molecule has 17 heavy (non-hydrogen) atoms.